The van der Waals surface area contributed by atoms with Crippen LogP contribution in [-0.4, -0.2) is 24.9 Å². The average molecular weight is 216 g/mol. The second-order valence-corrected chi connectivity index (χ2v) is 4.71. The van der Waals surface area contributed by atoms with Gasteiger partial charge in [-0.05, 0) is 12.1 Å². The Morgan fingerprint density at radius 3 is 2.21 bits per heavy atom. The van der Waals surface area contributed by atoms with Gasteiger partial charge in [-0.25, -0.2) is 8.42 Å². The molecule has 0 radical (unpaired) electrons. The van der Waals surface area contributed by atoms with Crippen LogP contribution in [0.15, 0.2) is 27.9 Å². The topological polar surface area (TPSA) is 91.7 Å². The summed E-state index contributed by atoms with van der Waals surface area (Å²) in [5.74, 6) is -1.88. The molecule has 76 valence electrons. The molecule has 0 saturated heterocycles. The third-order valence-electron chi connectivity index (χ3n) is 1.59. The molecule has 0 aromatic heterocycles. The van der Waals surface area contributed by atoms with Gasteiger partial charge in [0, 0.05) is 6.26 Å². The van der Waals surface area contributed by atoms with Crippen molar-refractivity contribution >= 4 is 9.84 Å². The fourth-order valence-electron chi connectivity index (χ4n) is 0.913. The molecule has 0 amide bonds. The van der Waals surface area contributed by atoms with Crippen molar-refractivity contribution in [3.05, 3.63) is 28.4 Å². The van der Waals surface area contributed by atoms with Crippen molar-refractivity contribution in [2.75, 3.05) is 6.26 Å². The molecular formula is C8H8O5S. The molecule has 0 unspecified atom stereocenters. The van der Waals surface area contributed by atoms with E-state index in [0.717, 1.165) is 24.5 Å². The lowest BCUT2D eigenvalue weighted by molar-refractivity contribution is 0.392. The summed E-state index contributed by atoms with van der Waals surface area (Å²) in [7, 11) is -3.66. The highest BCUT2D eigenvalue weighted by molar-refractivity contribution is 7.90. The van der Waals surface area contributed by atoms with Gasteiger partial charge < -0.3 is 10.2 Å². The molecule has 0 atom stereocenters. The minimum atomic E-state index is -3.66. The third-order valence-corrected chi connectivity index (χ3v) is 2.71. The predicted octanol–water partition coefficient (Wildman–Crippen LogP) is -0.139. The Morgan fingerprint density at radius 1 is 1.14 bits per heavy atom. The molecule has 0 bridgehead atoms. The highest BCUT2D eigenvalue weighted by Crippen LogP contribution is 2.27. The lowest BCUT2D eigenvalue weighted by Gasteiger charge is -1.97. The van der Waals surface area contributed by atoms with Gasteiger partial charge in [0.05, 0.1) is 0 Å². The number of rotatable bonds is 1. The first-order chi connectivity index (χ1) is 6.34. The molecule has 1 aromatic rings. The van der Waals surface area contributed by atoms with Crippen molar-refractivity contribution in [3.8, 4) is 11.5 Å². The molecule has 0 fully saturated rings. The zero-order valence-electron chi connectivity index (χ0n) is 7.26. The van der Waals surface area contributed by atoms with E-state index in [-0.39, 0.29) is 0 Å². The van der Waals surface area contributed by atoms with Crippen LogP contribution >= 0.6 is 0 Å². The zero-order valence-corrected chi connectivity index (χ0v) is 8.08. The summed E-state index contributed by atoms with van der Waals surface area (Å²) >= 11 is 0. The smallest absolute Gasteiger partial charge is 0.224 e. The summed E-state index contributed by atoms with van der Waals surface area (Å²) in [4.78, 5) is 10.4. The van der Waals surface area contributed by atoms with Crippen LogP contribution in [0.4, 0.5) is 0 Å². The second kappa shape index (κ2) is 3.30. The Morgan fingerprint density at radius 2 is 1.71 bits per heavy atom. The summed E-state index contributed by atoms with van der Waals surface area (Å²) in [5.41, 5.74) is -0.836. The van der Waals surface area contributed by atoms with Crippen LogP contribution in [0.2, 0.25) is 0 Å². The molecule has 0 saturated carbocycles. The Kier molecular flexibility index (Phi) is 2.48. The van der Waals surface area contributed by atoms with Crippen molar-refractivity contribution in [1.29, 1.82) is 0 Å². The molecule has 14 heavy (non-hydrogen) atoms. The van der Waals surface area contributed by atoms with Crippen molar-refractivity contribution in [2.24, 2.45) is 0 Å². The van der Waals surface area contributed by atoms with E-state index in [1.165, 1.54) is 0 Å². The predicted molar refractivity (Wildman–Crippen MR) is 49.2 cm³/mol. The highest BCUT2D eigenvalue weighted by atomic mass is 32.2. The van der Waals surface area contributed by atoms with E-state index in [4.69, 9.17) is 5.11 Å². The molecule has 0 spiro atoms. The number of hydrogen-bond donors (Lipinski definition) is 2. The normalized spacial score (nSPS) is 11.2. The van der Waals surface area contributed by atoms with E-state index in [2.05, 4.69) is 0 Å². The van der Waals surface area contributed by atoms with Crippen molar-refractivity contribution < 1.29 is 18.6 Å². The zero-order chi connectivity index (χ0) is 10.9. The molecule has 2 N–H and O–H groups in total. The van der Waals surface area contributed by atoms with E-state index < -0.39 is 31.7 Å². The van der Waals surface area contributed by atoms with Crippen LogP contribution in [0.25, 0.3) is 0 Å². The van der Waals surface area contributed by atoms with Gasteiger partial charge >= 0.3 is 0 Å². The fourth-order valence-corrected chi connectivity index (χ4v) is 1.69. The molecular weight excluding hydrogens is 208 g/mol. The van der Waals surface area contributed by atoms with Gasteiger partial charge in [-0.2, -0.15) is 0 Å². The Labute approximate surface area is 80.2 Å². The second-order valence-electron chi connectivity index (χ2n) is 2.72. The Balaban J connectivity index is 3.77. The molecule has 1 rings (SSSR count). The van der Waals surface area contributed by atoms with E-state index in [1.54, 1.807) is 0 Å². The summed E-state index contributed by atoms with van der Waals surface area (Å²) < 4.78 is 22.2. The summed E-state index contributed by atoms with van der Waals surface area (Å²) in [6.07, 6.45) is 0.867. The van der Waals surface area contributed by atoms with Crippen molar-refractivity contribution in [2.45, 2.75) is 4.90 Å². The van der Waals surface area contributed by atoms with Crippen LogP contribution in [0, 0.1) is 0 Å². The Bertz CT molecular complexity index is 518. The van der Waals surface area contributed by atoms with Gasteiger partial charge in [-0.1, -0.05) is 6.07 Å². The Hall–Kier alpha value is -1.56. The summed E-state index contributed by atoms with van der Waals surface area (Å²) in [5, 5.41) is 18.3. The van der Waals surface area contributed by atoms with Gasteiger partial charge in [0.15, 0.2) is 15.6 Å². The maximum atomic E-state index is 11.1. The lowest BCUT2D eigenvalue weighted by Crippen LogP contribution is -1.97. The number of aromatic hydroxyl groups is 2. The first-order valence-corrected chi connectivity index (χ1v) is 5.48. The first kappa shape index (κ1) is 10.5. The van der Waals surface area contributed by atoms with Gasteiger partial charge in [0.1, 0.15) is 4.90 Å². The van der Waals surface area contributed by atoms with Crippen molar-refractivity contribution in [3.63, 3.8) is 0 Å². The van der Waals surface area contributed by atoms with E-state index in [9.17, 15) is 18.3 Å². The van der Waals surface area contributed by atoms with E-state index in [0.29, 0.717) is 0 Å². The number of hydrogen-bond acceptors (Lipinski definition) is 5. The summed E-state index contributed by atoms with van der Waals surface area (Å²) in [6.45, 7) is 0. The third kappa shape index (κ3) is 1.85. The SMILES string of the molecule is CS(=O)(=O)c1cccc(=O)c(O)c1O. The van der Waals surface area contributed by atoms with Crippen LogP contribution in [0.3, 0.4) is 0 Å². The van der Waals surface area contributed by atoms with E-state index >= 15 is 0 Å². The molecule has 5 nitrogen and oxygen atoms in total. The maximum Gasteiger partial charge on any atom is 0.224 e. The standard InChI is InChI=1S/C8H8O5S/c1-14(12,13)6-4-2-3-5(9)7(10)8(6)11/h2-4H,1H3,(H2,9,10,11). The van der Waals surface area contributed by atoms with Crippen LogP contribution < -0.4 is 5.43 Å². The fraction of sp³-hybridized carbons (Fsp3) is 0.125. The van der Waals surface area contributed by atoms with Gasteiger partial charge in [-0.3, -0.25) is 4.79 Å². The molecule has 1 aromatic carbocycles. The van der Waals surface area contributed by atoms with Gasteiger partial charge in [0.2, 0.25) is 11.2 Å². The molecule has 0 heterocycles. The summed E-state index contributed by atoms with van der Waals surface area (Å²) in [6, 6.07) is 3.16. The quantitative estimate of drug-likeness (QED) is 0.681. The minimum Gasteiger partial charge on any atom is -0.503 e. The van der Waals surface area contributed by atoms with E-state index in [1.807, 2.05) is 0 Å². The highest BCUT2D eigenvalue weighted by Gasteiger charge is 2.16. The molecule has 0 aliphatic carbocycles. The molecule has 6 heteroatoms. The van der Waals surface area contributed by atoms with Crippen LogP contribution in [0.5, 0.6) is 11.5 Å². The first-order valence-electron chi connectivity index (χ1n) is 3.59. The molecule has 0 aliphatic heterocycles. The van der Waals surface area contributed by atoms with Gasteiger partial charge in [0.25, 0.3) is 0 Å². The van der Waals surface area contributed by atoms with Gasteiger partial charge in [-0.15, -0.1) is 0 Å². The number of sulfone groups is 1. The maximum absolute atomic E-state index is 11.1. The van der Waals surface area contributed by atoms with Crippen LogP contribution in [0.1, 0.15) is 0 Å². The average Bonchev–Trinajstić information content (AvgIpc) is 2.17. The molecule has 0 aliphatic rings. The van der Waals surface area contributed by atoms with Crippen LogP contribution in [-0.2, 0) is 9.84 Å². The lowest BCUT2D eigenvalue weighted by atomic mass is 10.4. The monoisotopic (exact) mass is 216 g/mol. The minimum absolute atomic E-state index is 0.475. The largest absolute Gasteiger partial charge is 0.503 e. The van der Waals surface area contributed by atoms with Crippen molar-refractivity contribution in [1.82, 2.24) is 0 Å².